The molecule has 0 saturated heterocycles. The molecule has 0 spiro atoms. The molecule has 1 aromatic rings. The van der Waals surface area contributed by atoms with Crippen LogP contribution < -0.4 is 0 Å². The molecular formula is C12H11NO6. The lowest BCUT2D eigenvalue weighted by Gasteiger charge is -2.07. The zero-order chi connectivity index (χ0) is 14.4. The van der Waals surface area contributed by atoms with Crippen molar-refractivity contribution < 1.29 is 29.3 Å². The molecule has 1 aromatic heterocycles. The molecule has 100 valence electrons. The molecule has 2 N–H and O–H groups in total. The molecule has 0 fully saturated rings. The first-order valence-corrected chi connectivity index (χ1v) is 5.17. The molecule has 0 radical (unpaired) electrons. The number of pyridine rings is 1. The van der Waals surface area contributed by atoms with Gasteiger partial charge in [0.25, 0.3) is 0 Å². The maximum atomic E-state index is 11.5. The molecule has 0 unspecified atom stereocenters. The number of carbonyl (C=O) groups is 3. The number of rotatable bonds is 5. The monoisotopic (exact) mass is 265 g/mol. The van der Waals surface area contributed by atoms with Crippen molar-refractivity contribution >= 4 is 17.9 Å². The molecule has 1 heterocycles. The van der Waals surface area contributed by atoms with Gasteiger partial charge in [-0.05, 0) is 19.1 Å². The number of carboxylic acid groups (broad SMARTS) is 2. The summed E-state index contributed by atoms with van der Waals surface area (Å²) in [7, 11) is 0. The SMILES string of the molecule is C/C(C(=O)O)=C(/COC(=O)c1cccnc1)C(=O)O. The molecular weight excluding hydrogens is 254 g/mol. The van der Waals surface area contributed by atoms with Gasteiger partial charge in [-0.1, -0.05) is 0 Å². The lowest BCUT2D eigenvalue weighted by molar-refractivity contribution is -0.136. The summed E-state index contributed by atoms with van der Waals surface area (Å²) in [5.41, 5.74) is -0.712. The molecule has 0 bridgehead atoms. The van der Waals surface area contributed by atoms with Crippen LogP contribution in [0.2, 0.25) is 0 Å². The van der Waals surface area contributed by atoms with E-state index in [0.717, 1.165) is 6.92 Å². The van der Waals surface area contributed by atoms with E-state index >= 15 is 0 Å². The lowest BCUT2D eigenvalue weighted by Crippen LogP contribution is -2.17. The highest BCUT2D eigenvalue weighted by molar-refractivity contribution is 5.99. The van der Waals surface area contributed by atoms with Crippen molar-refractivity contribution in [2.75, 3.05) is 6.61 Å². The standard InChI is InChI=1S/C12H11NO6/c1-7(10(14)15)9(11(16)17)6-19-12(18)8-3-2-4-13-5-8/h2-5H,6H2,1H3,(H,14,15)(H,16,17)/b9-7+. The topological polar surface area (TPSA) is 114 Å². The van der Waals surface area contributed by atoms with Gasteiger partial charge in [-0.2, -0.15) is 0 Å². The Morgan fingerprint density at radius 3 is 2.42 bits per heavy atom. The summed E-state index contributed by atoms with van der Waals surface area (Å²) in [5, 5.41) is 17.6. The average Bonchev–Trinajstić information content (AvgIpc) is 2.39. The third kappa shape index (κ3) is 3.91. The Balaban J connectivity index is 2.80. The second-order valence-electron chi connectivity index (χ2n) is 3.53. The fourth-order valence-electron chi connectivity index (χ4n) is 1.16. The van der Waals surface area contributed by atoms with Crippen LogP contribution in [-0.4, -0.2) is 39.7 Å². The van der Waals surface area contributed by atoms with Crippen LogP contribution in [-0.2, 0) is 14.3 Å². The van der Waals surface area contributed by atoms with Crippen molar-refractivity contribution in [3.8, 4) is 0 Å². The molecule has 0 aliphatic carbocycles. The molecule has 7 nitrogen and oxygen atoms in total. The number of hydrogen-bond acceptors (Lipinski definition) is 5. The summed E-state index contributed by atoms with van der Waals surface area (Å²) < 4.78 is 4.74. The highest BCUT2D eigenvalue weighted by atomic mass is 16.5. The van der Waals surface area contributed by atoms with Crippen LogP contribution in [0.25, 0.3) is 0 Å². The molecule has 0 aliphatic rings. The van der Waals surface area contributed by atoms with Gasteiger partial charge in [-0.25, -0.2) is 14.4 Å². The maximum Gasteiger partial charge on any atom is 0.340 e. The number of nitrogens with zero attached hydrogens (tertiary/aromatic N) is 1. The first-order valence-electron chi connectivity index (χ1n) is 5.17. The van der Waals surface area contributed by atoms with Crippen molar-refractivity contribution in [2.24, 2.45) is 0 Å². The largest absolute Gasteiger partial charge is 0.478 e. The summed E-state index contributed by atoms with van der Waals surface area (Å²) >= 11 is 0. The van der Waals surface area contributed by atoms with Crippen molar-refractivity contribution in [2.45, 2.75) is 6.92 Å². The van der Waals surface area contributed by atoms with Crippen molar-refractivity contribution in [3.63, 3.8) is 0 Å². The van der Waals surface area contributed by atoms with Crippen LogP contribution in [0, 0.1) is 0 Å². The van der Waals surface area contributed by atoms with Gasteiger partial charge in [-0.3, -0.25) is 4.98 Å². The molecule has 0 amide bonds. The fourth-order valence-corrected chi connectivity index (χ4v) is 1.16. The first-order chi connectivity index (χ1) is 8.93. The zero-order valence-electron chi connectivity index (χ0n) is 9.99. The summed E-state index contributed by atoms with van der Waals surface area (Å²) in [6, 6.07) is 2.97. The number of hydrogen-bond donors (Lipinski definition) is 2. The number of carbonyl (C=O) groups excluding carboxylic acids is 1. The van der Waals surface area contributed by atoms with Crippen LogP contribution in [0.5, 0.6) is 0 Å². The van der Waals surface area contributed by atoms with E-state index in [0.29, 0.717) is 0 Å². The molecule has 0 aliphatic heterocycles. The Morgan fingerprint density at radius 1 is 1.26 bits per heavy atom. The molecule has 0 saturated carbocycles. The minimum absolute atomic E-state index is 0.153. The van der Waals surface area contributed by atoms with Gasteiger partial charge in [0.05, 0.1) is 11.1 Å². The van der Waals surface area contributed by atoms with Gasteiger partial charge in [0.15, 0.2) is 0 Å². The lowest BCUT2D eigenvalue weighted by atomic mass is 10.1. The first kappa shape index (κ1) is 14.4. The van der Waals surface area contributed by atoms with Gasteiger partial charge in [-0.15, -0.1) is 0 Å². The maximum absolute atomic E-state index is 11.5. The normalized spacial score (nSPS) is 11.4. The van der Waals surface area contributed by atoms with E-state index in [1.54, 1.807) is 0 Å². The van der Waals surface area contributed by atoms with Crippen LogP contribution in [0.1, 0.15) is 17.3 Å². The number of carboxylic acids is 2. The minimum atomic E-state index is -1.45. The van der Waals surface area contributed by atoms with Crippen LogP contribution in [0.4, 0.5) is 0 Å². The van der Waals surface area contributed by atoms with E-state index in [-0.39, 0.29) is 11.1 Å². The molecule has 0 aromatic carbocycles. The Labute approximate surface area is 108 Å². The third-order valence-electron chi connectivity index (χ3n) is 2.28. The predicted molar refractivity (Wildman–Crippen MR) is 62.5 cm³/mol. The Morgan fingerprint density at radius 2 is 1.95 bits per heavy atom. The number of aliphatic carboxylic acids is 2. The van der Waals surface area contributed by atoms with Crippen LogP contribution in [0.15, 0.2) is 35.7 Å². The zero-order valence-corrected chi connectivity index (χ0v) is 9.99. The number of esters is 1. The van der Waals surface area contributed by atoms with Gasteiger partial charge < -0.3 is 14.9 Å². The Hall–Kier alpha value is -2.70. The van der Waals surface area contributed by atoms with Crippen LogP contribution in [0.3, 0.4) is 0 Å². The number of ether oxygens (including phenoxy) is 1. The Kier molecular flexibility index (Phi) is 4.76. The van der Waals surface area contributed by atoms with Gasteiger partial charge in [0.1, 0.15) is 6.61 Å². The van der Waals surface area contributed by atoms with E-state index in [4.69, 9.17) is 14.9 Å². The third-order valence-corrected chi connectivity index (χ3v) is 2.28. The smallest absolute Gasteiger partial charge is 0.340 e. The molecule has 1 rings (SSSR count). The van der Waals surface area contributed by atoms with E-state index in [9.17, 15) is 14.4 Å². The van der Waals surface area contributed by atoms with Gasteiger partial charge in [0.2, 0.25) is 0 Å². The predicted octanol–water partition coefficient (Wildman–Crippen LogP) is 0.724. The second kappa shape index (κ2) is 6.29. The van der Waals surface area contributed by atoms with Crippen molar-refractivity contribution in [1.29, 1.82) is 0 Å². The number of aromatic nitrogens is 1. The molecule has 7 heteroatoms. The average molecular weight is 265 g/mol. The highest BCUT2D eigenvalue weighted by Gasteiger charge is 2.18. The fraction of sp³-hybridized carbons (Fsp3) is 0.167. The van der Waals surface area contributed by atoms with Crippen LogP contribution >= 0.6 is 0 Å². The van der Waals surface area contributed by atoms with Gasteiger partial charge >= 0.3 is 17.9 Å². The quantitative estimate of drug-likeness (QED) is 0.595. The summed E-state index contributed by atoms with van der Waals surface area (Å²) in [5.74, 6) is -3.60. The second-order valence-corrected chi connectivity index (χ2v) is 3.53. The summed E-state index contributed by atoms with van der Waals surface area (Å²) in [6.07, 6.45) is 2.73. The highest BCUT2D eigenvalue weighted by Crippen LogP contribution is 2.08. The molecule has 19 heavy (non-hydrogen) atoms. The van der Waals surface area contributed by atoms with Gasteiger partial charge in [0, 0.05) is 18.0 Å². The van der Waals surface area contributed by atoms with Crippen molar-refractivity contribution in [3.05, 3.63) is 41.2 Å². The summed E-state index contributed by atoms with van der Waals surface area (Å²) in [6.45, 7) is 0.505. The van der Waals surface area contributed by atoms with E-state index in [2.05, 4.69) is 4.98 Å². The van der Waals surface area contributed by atoms with E-state index < -0.39 is 30.1 Å². The van der Waals surface area contributed by atoms with Crippen molar-refractivity contribution in [1.82, 2.24) is 4.98 Å². The molecule has 0 atom stereocenters. The van der Waals surface area contributed by atoms with E-state index in [1.165, 1.54) is 24.5 Å². The Bertz CT molecular complexity index is 534. The minimum Gasteiger partial charge on any atom is -0.478 e. The van der Waals surface area contributed by atoms with E-state index in [1.807, 2.05) is 0 Å². The summed E-state index contributed by atoms with van der Waals surface area (Å²) in [4.78, 5) is 36.8.